The minimum atomic E-state index is 0.754. The van der Waals surface area contributed by atoms with E-state index in [0.29, 0.717) is 0 Å². The number of quaternary nitrogens is 1. The Morgan fingerprint density at radius 2 is 1.76 bits per heavy atom. The molecule has 0 spiro atoms. The number of rotatable bonds is 6. The zero-order chi connectivity index (χ0) is 20.2. The van der Waals surface area contributed by atoms with Crippen LogP contribution < -0.4 is 9.64 Å². The van der Waals surface area contributed by atoms with Gasteiger partial charge in [-0.05, 0) is 55.1 Å². The molecule has 152 valence electrons. The Hall–Kier alpha value is -2.44. The lowest BCUT2D eigenvalue weighted by Gasteiger charge is -2.29. The monoisotopic (exact) mass is 409 g/mol. The highest BCUT2D eigenvalue weighted by Gasteiger charge is 2.24. The Morgan fingerprint density at radius 1 is 1.07 bits per heavy atom. The van der Waals surface area contributed by atoms with Gasteiger partial charge in [0, 0.05) is 7.05 Å². The van der Waals surface area contributed by atoms with Gasteiger partial charge in [-0.1, -0.05) is 42.5 Å². The number of piperidine rings is 1. The van der Waals surface area contributed by atoms with Gasteiger partial charge in [0.2, 0.25) is 4.77 Å². The minimum Gasteiger partial charge on any atom is -0.496 e. The molecule has 29 heavy (non-hydrogen) atoms. The van der Waals surface area contributed by atoms with Crippen molar-refractivity contribution < 1.29 is 9.64 Å². The first-order chi connectivity index (χ1) is 14.2. The maximum atomic E-state index is 5.68. The summed E-state index contributed by atoms with van der Waals surface area (Å²) in [7, 11) is 3.67. The van der Waals surface area contributed by atoms with Crippen molar-refractivity contribution in [3.63, 3.8) is 0 Å². The van der Waals surface area contributed by atoms with Crippen LogP contribution in [0.4, 0.5) is 0 Å². The van der Waals surface area contributed by atoms with E-state index in [2.05, 4.69) is 30.3 Å². The Labute approximate surface area is 177 Å². The van der Waals surface area contributed by atoms with E-state index in [9.17, 15) is 0 Å². The van der Waals surface area contributed by atoms with Crippen molar-refractivity contribution in [2.75, 3.05) is 20.2 Å². The maximum Gasteiger partial charge on any atom is 0.202 e. The fourth-order valence-electron chi connectivity index (χ4n) is 4.26. The molecule has 1 aliphatic heterocycles. The lowest BCUT2D eigenvalue weighted by atomic mass is 9.90. The summed E-state index contributed by atoms with van der Waals surface area (Å²) in [5.41, 5.74) is 2.42. The first-order valence-electron chi connectivity index (χ1n) is 10.3. The molecule has 5 nitrogen and oxygen atoms in total. The fourth-order valence-corrected chi connectivity index (χ4v) is 4.45. The van der Waals surface area contributed by atoms with E-state index in [1.165, 1.54) is 37.9 Å². The van der Waals surface area contributed by atoms with E-state index in [-0.39, 0.29) is 0 Å². The quantitative estimate of drug-likeness (QED) is 0.636. The normalized spacial score (nSPS) is 19.2. The average Bonchev–Trinajstić information content (AvgIpc) is 3.04. The zero-order valence-electron chi connectivity index (χ0n) is 17.2. The van der Waals surface area contributed by atoms with Crippen LogP contribution >= 0.6 is 12.2 Å². The van der Waals surface area contributed by atoms with Crippen LogP contribution in [0.5, 0.6) is 5.75 Å². The molecule has 1 saturated heterocycles. The third-order valence-corrected chi connectivity index (χ3v) is 6.43. The molecule has 0 amide bonds. The first-order valence-corrected chi connectivity index (χ1v) is 10.7. The lowest BCUT2D eigenvalue weighted by Crippen LogP contribution is -3.12. The molecule has 2 heterocycles. The van der Waals surface area contributed by atoms with Crippen molar-refractivity contribution >= 4 is 12.2 Å². The van der Waals surface area contributed by atoms with Crippen LogP contribution in [0.15, 0.2) is 54.6 Å². The molecular weight excluding hydrogens is 380 g/mol. The van der Waals surface area contributed by atoms with E-state index in [1.807, 2.05) is 40.6 Å². The Kier molecular flexibility index (Phi) is 6.11. The summed E-state index contributed by atoms with van der Waals surface area (Å²) < 4.78 is 10.2. The van der Waals surface area contributed by atoms with Crippen molar-refractivity contribution in [1.29, 1.82) is 0 Å². The van der Waals surface area contributed by atoms with E-state index < -0.39 is 0 Å². The van der Waals surface area contributed by atoms with E-state index in [4.69, 9.17) is 22.1 Å². The van der Waals surface area contributed by atoms with Crippen LogP contribution in [0.2, 0.25) is 0 Å². The van der Waals surface area contributed by atoms with Gasteiger partial charge in [0.25, 0.3) is 0 Å². The second-order valence-corrected chi connectivity index (χ2v) is 8.27. The van der Waals surface area contributed by atoms with Crippen molar-refractivity contribution in [2.45, 2.75) is 25.9 Å². The molecule has 0 aliphatic carbocycles. The van der Waals surface area contributed by atoms with Gasteiger partial charge in [0.05, 0.1) is 25.8 Å². The lowest BCUT2D eigenvalue weighted by molar-refractivity contribution is -0.929. The topological polar surface area (TPSA) is 36.4 Å². The second kappa shape index (κ2) is 8.93. The van der Waals surface area contributed by atoms with Crippen molar-refractivity contribution in [3.05, 3.63) is 64.9 Å². The molecule has 0 saturated carbocycles. The summed E-state index contributed by atoms with van der Waals surface area (Å²) in [4.78, 5) is 1.55. The summed E-state index contributed by atoms with van der Waals surface area (Å²) >= 11 is 5.68. The summed E-state index contributed by atoms with van der Waals surface area (Å²) in [6.07, 6.45) is 3.70. The minimum absolute atomic E-state index is 0.754. The van der Waals surface area contributed by atoms with Crippen LogP contribution in [0, 0.1) is 10.7 Å². The summed E-state index contributed by atoms with van der Waals surface area (Å²) in [5.74, 6) is 2.45. The molecule has 6 heteroatoms. The third kappa shape index (κ3) is 4.43. The molecular formula is C23H29N4OS+. The number of aromatic nitrogens is 3. The number of hydrogen-bond donors (Lipinski definition) is 1. The van der Waals surface area contributed by atoms with Gasteiger partial charge in [0.15, 0.2) is 12.5 Å². The Bertz CT molecular complexity index is 1000. The van der Waals surface area contributed by atoms with Crippen LogP contribution in [-0.4, -0.2) is 34.5 Å². The number of benzene rings is 2. The molecule has 0 unspecified atom stereocenters. The van der Waals surface area contributed by atoms with Crippen LogP contribution in [0.1, 0.15) is 18.4 Å². The predicted molar refractivity (Wildman–Crippen MR) is 118 cm³/mol. The summed E-state index contributed by atoms with van der Waals surface area (Å²) in [6, 6.07) is 18.8. The Morgan fingerprint density at radius 3 is 2.48 bits per heavy atom. The van der Waals surface area contributed by atoms with Crippen LogP contribution in [-0.2, 0) is 20.1 Å². The van der Waals surface area contributed by atoms with Gasteiger partial charge in [-0.2, -0.15) is 4.68 Å². The predicted octanol–water partition coefficient (Wildman–Crippen LogP) is 3.12. The SMILES string of the molecule is COc1ccccc1-c1nn(C[NH+]2CCC(Cc3ccccc3)CC2)c(=S)n1C. The molecule has 1 fully saturated rings. The molecule has 1 N–H and O–H groups in total. The number of hydrogen-bond acceptors (Lipinski definition) is 3. The number of methoxy groups -OCH3 is 1. The van der Waals surface area contributed by atoms with Gasteiger partial charge in [-0.25, -0.2) is 0 Å². The zero-order valence-corrected chi connectivity index (χ0v) is 18.0. The van der Waals surface area contributed by atoms with Gasteiger partial charge in [0.1, 0.15) is 5.75 Å². The highest BCUT2D eigenvalue weighted by atomic mass is 32.1. The second-order valence-electron chi connectivity index (χ2n) is 7.91. The van der Waals surface area contributed by atoms with Crippen molar-refractivity contribution in [1.82, 2.24) is 14.3 Å². The molecule has 0 radical (unpaired) electrons. The number of para-hydroxylation sites is 1. The van der Waals surface area contributed by atoms with E-state index in [1.54, 1.807) is 12.0 Å². The molecule has 0 bridgehead atoms. The highest BCUT2D eigenvalue weighted by Crippen LogP contribution is 2.28. The number of ether oxygens (including phenoxy) is 1. The van der Waals surface area contributed by atoms with Crippen LogP contribution in [0.25, 0.3) is 11.4 Å². The van der Waals surface area contributed by atoms with Gasteiger partial charge in [-0.15, -0.1) is 5.10 Å². The average molecular weight is 410 g/mol. The highest BCUT2D eigenvalue weighted by molar-refractivity contribution is 7.71. The standard InChI is InChI=1S/C23H28N4OS/c1-25-22(20-10-6-7-11-21(20)28-2)24-27(23(25)29)17-26-14-12-19(13-15-26)16-18-8-4-3-5-9-18/h3-11,19H,12-17H2,1-2H3/p+1. The van der Waals surface area contributed by atoms with Gasteiger partial charge >= 0.3 is 0 Å². The van der Waals surface area contributed by atoms with Gasteiger partial charge < -0.3 is 14.2 Å². The Balaban J connectivity index is 1.42. The van der Waals surface area contributed by atoms with Crippen LogP contribution in [0.3, 0.4) is 0 Å². The molecule has 3 aromatic rings. The van der Waals surface area contributed by atoms with E-state index >= 15 is 0 Å². The number of nitrogens with one attached hydrogen (secondary N) is 1. The molecule has 1 aliphatic rings. The van der Waals surface area contributed by atoms with Gasteiger partial charge in [-0.3, -0.25) is 0 Å². The molecule has 0 atom stereocenters. The third-order valence-electron chi connectivity index (χ3n) is 5.94. The smallest absolute Gasteiger partial charge is 0.202 e. The molecule has 1 aromatic heterocycles. The molecule has 4 rings (SSSR count). The summed E-state index contributed by atoms with van der Waals surface area (Å²) in [5, 5.41) is 4.84. The number of likely N-dealkylation sites (tertiary alicyclic amines) is 1. The molecule has 2 aromatic carbocycles. The fraction of sp³-hybridized carbons (Fsp3) is 0.391. The van der Waals surface area contributed by atoms with Crippen molar-refractivity contribution in [2.24, 2.45) is 13.0 Å². The summed E-state index contributed by atoms with van der Waals surface area (Å²) in [6.45, 7) is 3.15. The number of nitrogens with zero attached hydrogens (tertiary/aromatic N) is 3. The van der Waals surface area contributed by atoms with Crippen molar-refractivity contribution in [3.8, 4) is 17.1 Å². The van der Waals surface area contributed by atoms with E-state index in [0.717, 1.165) is 34.5 Å². The maximum absolute atomic E-state index is 5.68. The first kappa shape index (κ1) is 19.9. The largest absolute Gasteiger partial charge is 0.496 e.